The van der Waals surface area contributed by atoms with Gasteiger partial charge in [-0.15, -0.1) is 0 Å². The van der Waals surface area contributed by atoms with Crippen molar-refractivity contribution < 1.29 is 22.5 Å². The van der Waals surface area contributed by atoms with Crippen LogP contribution in [0.15, 0.2) is 56.9 Å². The summed E-state index contributed by atoms with van der Waals surface area (Å²) in [5, 5.41) is 3.89. The number of hydrogen-bond acceptors (Lipinski definition) is 7. The number of nitrogens with zero attached hydrogens (tertiary/aromatic N) is 4. The molecule has 2 heterocycles. The van der Waals surface area contributed by atoms with Gasteiger partial charge in [-0.05, 0) is 61.3 Å². The highest BCUT2D eigenvalue weighted by Gasteiger charge is 2.49. The Hall–Kier alpha value is -3.99. The van der Waals surface area contributed by atoms with Crippen molar-refractivity contribution in [2.24, 2.45) is 10.4 Å². The normalized spacial score (nSPS) is 16.1. The van der Waals surface area contributed by atoms with Crippen molar-refractivity contribution in [2.75, 3.05) is 11.8 Å². The summed E-state index contributed by atoms with van der Waals surface area (Å²) in [6.45, 7) is 12.3. The Morgan fingerprint density at radius 3 is 2.44 bits per heavy atom. The van der Waals surface area contributed by atoms with Gasteiger partial charge in [-0.3, -0.25) is 19.5 Å². The second kappa shape index (κ2) is 13.9. The zero-order valence-corrected chi connectivity index (χ0v) is 30.2. The van der Waals surface area contributed by atoms with Crippen LogP contribution in [0.4, 0.5) is 5.88 Å². The van der Waals surface area contributed by atoms with Gasteiger partial charge in [0.15, 0.2) is 0 Å². The summed E-state index contributed by atoms with van der Waals surface area (Å²) >= 11 is 0. The second-order valence-electron chi connectivity index (χ2n) is 14.6. The molecule has 3 aromatic rings. The summed E-state index contributed by atoms with van der Waals surface area (Å²) in [5.41, 5.74) is 3.22. The molecule has 5 rings (SSSR count). The molecule has 1 spiro atoms. The number of hydrogen-bond donors (Lipinski definition) is 1. The molecule has 48 heavy (non-hydrogen) atoms. The molecule has 2 aliphatic rings. The first-order valence-electron chi connectivity index (χ1n) is 17.0. The van der Waals surface area contributed by atoms with Crippen LogP contribution in [0.3, 0.4) is 0 Å². The van der Waals surface area contributed by atoms with E-state index < -0.39 is 15.6 Å². The molecular formula is C37H49N5O5S. The summed E-state index contributed by atoms with van der Waals surface area (Å²) in [5.74, 6) is 0.993. The van der Waals surface area contributed by atoms with Crippen molar-refractivity contribution in [1.82, 2.24) is 15.0 Å². The van der Waals surface area contributed by atoms with Gasteiger partial charge in [0.2, 0.25) is 11.8 Å². The minimum Gasteiger partial charge on any atom is -0.341 e. The third-order valence-electron chi connectivity index (χ3n) is 9.36. The third-order valence-corrected chi connectivity index (χ3v) is 10.7. The van der Waals surface area contributed by atoms with E-state index in [4.69, 9.17) is 9.52 Å². The van der Waals surface area contributed by atoms with Crippen LogP contribution >= 0.6 is 0 Å². The number of aryl methyl sites for hydroxylation is 1. The van der Waals surface area contributed by atoms with Crippen LogP contribution in [-0.4, -0.2) is 53.6 Å². The number of sulfonamides is 1. The number of rotatable bonds is 12. The molecule has 258 valence electrons. The number of benzene rings is 2. The zero-order chi connectivity index (χ0) is 34.9. The summed E-state index contributed by atoms with van der Waals surface area (Å²) in [6, 6.07) is 12.7. The maximum Gasteiger partial charge on any atom is 0.264 e. The first-order chi connectivity index (χ1) is 22.6. The Balaban J connectivity index is 1.54. The minimum atomic E-state index is -4.08. The Kier molecular flexibility index (Phi) is 10.2. The van der Waals surface area contributed by atoms with Crippen molar-refractivity contribution in [1.29, 1.82) is 0 Å². The van der Waals surface area contributed by atoms with E-state index in [-0.39, 0.29) is 34.6 Å². The fourth-order valence-electron chi connectivity index (χ4n) is 6.56. The van der Waals surface area contributed by atoms with E-state index in [1.165, 1.54) is 0 Å². The number of carbonyl (C=O) groups excluding carboxylic acids is 2. The van der Waals surface area contributed by atoms with Crippen LogP contribution in [0, 0.1) is 19.3 Å². The molecule has 1 fully saturated rings. The molecule has 1 saturated carbocycles. The number of nitrogens with one attached hydrogen (secondary N) is 1. The molecule has 10 nitrogen and oxygen atoms in total. The SMILES string of the molecule is CCCCC1=NC2(CCCC2)C(=O)N1Cc1ccc(-c2ccccc2S(=O)(=O)Nc2onc(C)c2C)c(CN(C)C(=O)CC(C)(C)C)c1. The van der Waals surface area contributed by atoms with Gasteiger partial charge in [-0.2, -0.15) is 0 Å². The van der Waals surface area contributed by atoms with Crippen molar-refractivity contribution in [3.8, 4) is 11.1 Å². The van der Waals surface area contributed by atoms with Gasteiger partial charge in [-0.1, -0.05) is 88.5 Å². The number of unbranched alkanes of at least 4 members (excludes halogenated alkanes) is 1. The molecule has 0 radical (unpaired) electrons. The third kappa shape index (κ3) is 7.51. The number of amidine groups is 1. The van der Waals surface area contributed by atoms with E-state index in [0.29, 0.717) is 35.3 Å². The van der Waals surface area contributed by atoms with Gasteiger partial charge in [-0.25, -0.2) is 13.1 Å². The topological polar surface area (TPSA) is 125 Å². The molecule has 1 aliphatic carbocycles. The molecule has 0 bridgehead atoms. The highest BCUT2D eigenvalue weighted by molar-refractivity contribution is 7.92. The van der Waals surface area contributed by atoms with Crippen molar-refractivity contribution in [2.45, 2.75) is 116 Å². The predicted molar refractivity (Wildman–Crippen MR) is 188 cm³/mol. The lowest BCUT2D eigenvalue weighted by molar-refractivity contribution is -0.132. The smallest absolute Gasteiger partial charge is 0.264 e. The monoisotopic (exact) mass is 675 g/mol. The van der Waals surface area contributed by atoms with E-state index in [1.54, 1.807) is 50.1 Å². The number of aliphatic imine (C=N–C) groups is 1. The van der Waals surface area contributed by atoms with Gasteiger partial charge in [0.1, 0.15) is 11.4 Å². The predicted octanol–water partition coefficient (Wildman–Crippen LogP) is 7.40. The molecular weight excluding hydrogens is 627 g/mol. The van der Waals surface area contributed by atoms with Gasteiger partial charge < -0.3 is 9.42 Å². The lowest BCUT2D eigenvalue weighted by atomic mass is 9.91. The van der Waals surface area contributed by atoms with Crippen LogP contribution in [0.1, 0.15) is 101 Å². The Bertz CT molecular complexity index is 1820. The van der Waals surface area contributed by atoms with E-state index in [2.05, 4.69) is 16.8 Å². The molecule has 1 aromatic heterocycles. The molecule has 0 atom stereocenters. The first kappa shape index (κ1) is 35.3. The first-order valence-corrected chi connectivity index (χ1v) is 18.4. The summed E-state index contributed by atoms with van der Waals surface area (Å²) in [4.78, 5) is 35.8. The molecule has 2 amide bonds. The number of amides is 2. The largest absolute Gasteiger partial charge is 0.341 e. The molecule has 11 heteroatoms. The maximum absolute atomic E-state index is 13.9. The molecule has 1 aliphatic heterocycles. The fourth-order valence-corrected chi connectivity index (χ4v) is 7.83. The second-order valence-corrected chi connectivity index (χ2v) is 16.2. The number of carbonyl (C=O) groups is 2. The quantitative estimate of drug-likeness (QED) is 0.213. The van der Waals surface area contributed by atoms with Crippen molar-refractivity contribution >= 4 is 33.6 Å². The van der Waals surface area contributed by atoms with Gasteiger partial charge in [0.25, 0.3) is 15.9 Å². The number of anilines is 1. The van der Waals surface area contributed by atoms with Gasteiger partial charge in [0, 0.05) is 37.6 Å². The molecule has 0 unspecified atom stereocenters. The van der Waals surface area contributed by atoms with E-state index in [9.17, 15) is 18.0 Å². The molecule has 1 N–H and O–H groups in total. The fraction of sp³-hybridized carbons (Fsp3) is 0.514. The average molecular weight is 676 g/mol. The highest BCUT2D eigenvalue weighted by Crippen LogP contribution is 2.41. The van der Waals surface area contributed by atoms with Crippen molar-refractivity contribution in [3.63, 3.8) is 0 Å². The van der Waals surface area contributed by atoms with Gasteiger partial charge >= 0.3 is 0 Å². The van der Waals surface area contributed by atoms with E-state index in [1.807, 2.05) is 43.9 Å². The Morgan fingerprint density at radius 2 is 1.79 bits per heavy atom. The van der Waals surface area contributed by atoms with Crippen LogP contribution in [0.5, 0.6) is 0 Å². The molecule has 2 aromatic carbocycles. The summed E-state index contributed by atoms with van der Waals surface area (Å²) in [7, 11) is -2.31. The maximum atomic E-state index is 13.9. The Morgan fingerprint density at radius 1 is 1.08 bits per heavy atom. The summed E-state index contributed by atoms with van der Waals surface area (Å²) in [6.07, 6.45) is 6.66. The standard InChI is InChI=1S/C37H49N5O5S/c1-8-9-16-32-38-37(19-12-13-20-37)35(44)42(32)23-27-17-18-29(28(21-27)24-41(7)33(43)22-36(4,5)6)30-14-10-11-15-31(30)48(45,46)40-34-25(2)26(3)39-47-34/h10-11,14-15,17-18,21,40H,8-9,12-13,16,19-20,22-24H2,1-7H3. The van der Waals surface area contributed by atoms with Crippen LogP contribution in [0.2, 0.25) is 0 Å². The lowest BCUT2D eigenvalue weighted by Crippen LogP contribution is -2.40. The van der Waals surface area contributed by atoms with Crippen LogP contribution in [0.25, 0.3) is 11.1 Å². The zero-order valence-electron chi connectivity index (χ0n) is 29.4. The van der Waals surface area contributed by atoms with E-state index in [0.717, 1.165) is 61.9 Å². The summed E-state index contributed by atoms with van der Waals surface area (Å²) < 4.78 is 35.5. The Labute approximate surface area is 285 Å². The van der Waals surface area contributed by atoms with E-state index >= 15 is 0 Å². The molecule has 0 saturated heterocycles. The van der Waals surface area contributed by atoms with Crippen LogP contribution < -0.4 is 4.72 Å². The van der Waals surface area contributed by atoms with Crippen molar-refractivity contribution in [3.05, 3.63) is 64.8 Å². The van der Waals surface area contributed by atoms with Gasteiger partial charge in [0.05, 0.1) is 17.1 Å². The lowest BCUT2D eigenvalue weighted by Gasteiger charge is -2.26. The van der Waals surface area contributed by atoms with Crippen LogP contribution in [-0.2, 0) is 32.7 Å². The minimum absolute atomic E-state index is 0.00975. The number of aromatic nitrogens is 1. The highest BCUT2D eigenvalue weighted by atomic mass is 32.2. The average Bonchev–Trinajstić information content (AvgIpc) is 3.70.